The van der Waals surface area contributed by atoms with E-state index in [-0.39, 0.29) is 18.5 Å². The molecule has 1 heterocycles. The van der Waals surface area contributed by atoms with Crippen molar-refractivity contribution in [2.75, 3.05) is 5.75 Å². The van der Waals surface area contributed by atoms with Crippen molar-refractivity contribution < 1.29 is 9.21 Å². The number of aromatic nitrogens is 2. The molecule has 0 saturated carbocycles. The summed E-state index contributed by atoms with van der Waals surface area (Å²) in [6, 6.07) is 15.5. The first-order chi connectivity index (χ1) is 13.4. The summed E-state index contributed by atoms with van der Waals surface area (Å²) < 4.78 is 5.75. The zero-order valence-electron chi connectivity index (χ0n) is 16.1. The monoisotopic (exact) mass is 415 g/mol. The van der Waals surface area contributed by atoms with Gasteiger partial charge in [0.2, 0.25) is 17.7 Å². The van der Waals surface area contributed by atoms with E-state index in [9.17, 15) is 4.79 Å². The lowest BCUT2D eigenvalue weighted by Crippen LogP contribution is -2.37. The molecule has 0 fully saturated rings. The third-order valence-electron chi connectivity index (χ3n) is 4.20. The van der Waals surface area contributed by atoms with Gasteiger partial charge in [0.1, 0.15) is 0 Å². The predicted octanol–water partition coefficient (Wildman–Crippen LogP) is 5.23. The Labute approximate surface area is 174 Å². The molecule has 3 rings (SSSR count). The smallest absolute Gasteiger partial charge is 0.249 e. The lowest BCUT2D eigenvalue weighted by Gasteiger charge is -2.25. The topological polar surface area (TPSA) is 59.2 Å². The average Bonchev–Trinajstić information content (AvgIpc) is 3.14. The van der Waals surface area contributed by atoms with Crippen LogP contribution in [0.15, 0.2) is 57.8 Å². The van der Waals surface area contributed by atoms with Crippen LogP contribution >= 0.6 is 23.4 Å². The second-order valence-corrected chi connectivity index (χ2v) is 8.15. The number of halogens is 1. The third-order valence-corrected chi connectivity index (χ3v) is 5.53. The first-order valence-electron chi connectivity index (χ1n) is 9.00. The van der Waals surface area contributed by atoms with Crippen molar-refractivity contribution in [3.05, 3.63) is 65.0 Å². The molecule has 0 saturated heterocycles. The second-order valence-electron chi connectivity index (χ2n) is 6.70. The lowest BCUT2D eigenvalue weighted by atomic mass is 10.2. The van der Waals surface area contributed by atoms with E-state index in [0.717, 1.165) is 4.90 Å². The number of carbonyl (C=O) groups is 1. The number of thioether (sulfide) groups is 1. The predicted molar refractivity (Wildman–Crippen MR) is 112 cm³/mol. The Balaban J connectivity index is 1.67. The van der Waals surface area contributed by atoms with Crippen LogP contribution in [-0.2, 0) is 11.3 Å². The summed E-state index contributed by atoms with van der Waals surface area (Å²) in [5.74, 6) is 1.12. The van der Waals surface area contributed by atoms with Gasteiger partial charge in [0.15, 0.2) is 0 Å². The van der Waals surface area contributed by atoms with Crippen LogP contribution < -0.4 is 0 Å². The van der Waals surface area contributed by atoms with Crippen molar-refractivity contribution in [2.45, 2.75) is 38.3 Å². The van der Waals surface area contributed by atoms with E-state index in [0.29, 0.717) is 28.1 Å². The van der Waals surface area contributed by atoms with Crippen LogP contribution in [0.4, 0.5) is 0 Å². The second kappa shape index (κ2) is 9.26. The van der Waals surface area contributed by atoms with E-state index in [1.165, 1.54) is 17.3 Å². The summed E-state index contributed by atoms with van der Waals surface area (Å²) >= 11 is 7.71. The maximum atomic E-state index is 12.8. The van der Waals surface area contributed by atoms with Crippen LogP contribution in [0, 0.1) is 6.92 Å². The Hall–Kier alpha value is -2.31. The fraction of sp³-hybridized carbons (Fsp3) is 0.286. The highest BCUT2D eigenvalue weighted by Crippen LogP contribution is 2.27. The molecule has 7 heteroatoms. The number of carbonyl (C=O) groups excluding carboxylic acids is 1. The SMILES string of the molecule is Cc1ccc(SCC(=O)N(Cc2nnc(-c3ccccc3Cl)o2)C(C)C)cc1. The number of rotatable bonds is 7. The molecular weight excluding hydrogens is 394 g/mol. The van der Waals surface area contributed by atoms with Gasteiger partial charge in [0, 0.05) is 10.9 Å². The lowest BCUT2D eigenvalue weighted by molar-refractivity contribution is -0.131. The maximum absolute atomic E-state index is 12.8. The van der Waals surface area contributed by atoms with E-state index in [2.05, 4.69) is 10.2 Å². The van der Waals surface area contributed by atoms with Crippen molar-refractivity contribution in [3.8, 4) is 11.5 Å². The van der Waals surface area contributed by atoms with Crippen molar-refractivity contribution in [1.82, 2.24) is 15.1 Å². The molecular formula is C21H22ClN3O2S. The van der Waals surface area contributed by atoms with Crippen LogP contribution in [0.1, 0.15) is 25.3 Å². The summed E-state index contributed by atoms with van der Waals surface area (Å²) in [5, 5.41) is 8.71. The van der Waals surface area contributed by atoms with E-state index >= 15 is 0 Å². The fourth-order valence-electron chi connectivity index (χ4n) is 2.63. The zero-order chi connectivity index (χ0) is 20.1. The number of nitrogens with zero attached hydrogens (tertiary/aromatic N) is 3. The molecule has 0 spiro atoms. The molecule has 28 heavy (non-hydrogen) atoms. The number of aryl methyl sites for hydroxylation is 1. The molecule has 0 aliphatic rings. The van der Waals surface area contributed by atoms with Gasteiger partial charge in [-0.05, 0) is 45.0 Å². The van der Waals surface area contributed by atoms with Crippen LogP contribution in [-0.4, -0.2) is 32.8 Å². The first-order valence-corrected chi connectivity index (χ1v) is 10.4. The molecule has 2 aromatic carbocycles. The quantitative estimate of drug-likeness (QED) is 0.494. The van der Waals surface area contributed by atoms with Gasteiger partial charge in [-0.1, -0.05) is 41.4 Å². The van der Waals surface area contributed by atoms with E-state index in [1.807, 2.05) is 63.2 Å². The van der Waals surface area contributed by atoms with Crippen molar-refractivity contribution in [3.63, 3.8) is 0 Å². The van der Waals surface area contributed by atoms with Crippen LogP contribution in [0.5, 0.6) is 0 Å². The summed E-state index contributed by atoms with van der Waals surface area (Å²) in [6.07, 6.45) is 0. The molecule has 0 aliphatic carbocycles. The van der Waals surface area contributed by atoms with Crippen molar-refractivity contribution >= 4 is 29.3 Å². The summed E-state index contributed by atoms with van der Waals surface area (Å²) in [7, 11) is 0. The highest BCUT2D eigenvalue weighted by atomic mass is 35.5. The highest BCUT2D eigenvalue weighted by Gasteiger charge is 2.21. The van der Waals surface area contributed by atoms with E-state index in [4.69, 9.17) is 16.0 Å². The standard InChI is InChI=1S/C21H22ClN3O2S/c1-14(2)25(20(26)13-28-16-10-8-15(3)9-11-16)12-19-23-24-21(27-19)17-6-4-5-7-18(17)22/h4-11,14H,12-13H2,1-3H3. The van der Waals surface area contributed by atoms with Crippen molar-refractivity contribution in [1.29, 1.82) is 0 Å². The summed E-state index contributed by atoms with van der Waals surface area (Å²) in [6.45, 7) is 6.25. The normalized spacial score (nSPS) is 11.0. The maximum Gasteiger partial charge on any atom is 0.249 e. The van der Waals surface area contributed by atoms with Crippen LogP contribution in [0.25, 0.3) is 11.5 Å². The molecule has 3 aromatic rings. The molecule has 146 valence electrons. The number of hydrogen-bond acceptors (Lipinski definition) is 5. The van der Waals surface area contributed by atoms with Gasteiger partial charge in [-0.15, -0.1) is 22.0 Å². The molecule has 0 atom stereocenters. The van der Waals surface area contributed by atoms with Gasteiger partial charge in [-0.3, -0.25) is 4.79 Å². The van der Waals surface area contributed by atoms with Gasteiger partial charge in [0.05, 0.1) is 22.9 Å². The highest BCUT2D eigenvalue weighted by molar-refractivity contribution is 8.00. The fourth-order valence-corrected chi connectivity index (χ4v) is 3.63. The molecule has 0 radical (unpaired) electrons. The molecule has 0 aliphatic heterocycles. The van der Waals surface area contributed by atoms with Gasteiger partial charge >= 0.3 is 0 Å². The zero-order valence-corrected chi connectivity index (χ0v) is 17.6. The summed E-state index contributed by atoms with van der Waals surface area (Å²) in [4.78, 5) is 15.6. The Morgan fingerprint density at radius 3 is 2.54 bits per heavy atom. The Morgan fingerprint density at radius 1 is 1.14 bits per heavy atom. The van der Waals surface area contributed by atoms with Crippen molar-refractivity contribution in [2.24, 2.45) is 0 Å². The Kier molecular flexibility index (Phi) is 6.75. The molecule has 1 amide bonds. The molecule has 5 nitrogen and oxygen atoms in total. The van der Waals surface area contributed by atoms with Gasteiger partial charge in [0.25, 0.3) is 0 Å². The van der Waals surface area contributed by atoms with E-state index in [1.54, 1.807) is 11.0 Å². The minimum atomic E-state index is 0.0155. The Morgan fingerprint density at radius 2 is 1.86 bits per heavy atom. The summed E-state index contributed by atoms with van der Waals surface area (Å²) in [5.41, 5.74) is 1.88. The first kappa shape index (κ1) is 20.4. The van der Waals surface area contributed by atoms with Gasteiger partial charge < -0.3 is 9.32 Å². The van der Waals surface area contributed by atoms with Crippen LogP contribution in [0.3, 0.4) is 0 Å². The number of hydrogen-bond donors (Lipinski definition) is 0. The largest absolute Gasteiger partial charge is 0.419 e. The molecule has 0 N–H and O–H groups in total. The van der Waals surface area contributed by atoms with Crippen LogP contribution in [0.2, 0.25) is 5.02 Å². The Bertz CT molecular complexity index is 941. The minimum Gasteiger partial charge on any atom is -0.419 e. The number of amides is 1. The molecule has 0 unspecified atom stereocenters. The van der Waals surface area contributed by atoms with Gasteiger partial charge in [-0.25, -0.2) is 0 Å². The number of benzene rings is 2. The third kappa shape index (κ3) is 5.14. The molecule has 0 bridgehead atoms. The van der Waals surface area contributed by atoms with E-state index < -0.39 is 0 Å². The molecule has 1 aromatic heterocycles. The minimum absolute atomic E-state index is 0.0155. The van der Waals surface area contributed by atoms with Gasteiger partial charge in [-0.2, -0.15) is 0 Å². The average molecular weight is 416 g/mol.